The second-order valence-electron chi connectivity index (χ2n) is 6.54. The first kappa shape index (κ1) is 20.5. The van der Waals surface area contributed by atoms with Gasteiger partial charge < -0.3 is 19.8 Å². The zero-order valence-electron chi connectivity index (χ0n) is 15.2. The van der Waals surface area contributed by atoms with Crippen molar-refractivity contribution in [1.29, 1.82) is 0 Å². The van der Waals surface area contributed by atoms with Gasteiger partial charge in [-0.05, 0) is 74.5 Å². The number of rotatable bonds is 6. The second-order valence-corrected chi connectivity index (χ2v) is 6.94. The molecule has 1 aliphatic rings. The van der Waals surface area contributed by atoms with Crippen LogP contribution in [0.1, 0.15) is 31.1 Å². The molecule has 2 N–H and O–H groups in total. The lowest BCUT2D eigenvalue weighted by molar-refractivity contribution is -0.274. The maximum absolute atomic E-state index is 12.2. The van der Waals surface area contributed by atoms with Crippen LogP contribution in [0.3, 0.4) is 0 Å². The fourth-order valence-electron chi connectivity index (χ4n) is 3.23. The molecule has 2 heterocycles. The van der Waals surface area contributed by atoms with Crippen LogP contribution in [0.25, 0.3) is 0 Å². The number of nitrogens with zero attached hydrogens (tertiary/aromatic N) is 1. The van der Waals surface area contributed by atoms with E-state index in [4.69, 9.17) is 16.6 Å². The highest BCUT2D eigenvalue weighted by atomic mass is 32.1. The van der Waals surface area contributed by atoms with Crippen molar-refractivity contribution >= 4 is 23.0 Å². The molecule has 1 aromatic carbocycles. The van der Waals surface area contributed by atoms with Crippen LogP contribution in [0.15, 0.2) is 47.1 Å². The molecule has 0 spiro atoms. The largest absolute Gasteiger partial charge is 0.573 e. The van der Waals surface area contributed by atoms with Crippen molar-refractivity contribution in [2.24, 2.45) is 0 Å². The van der Waals surface area contributed by atoms with E-state index < -0.39 is 6.36 Å². The maximum Gasteiger partial charge on any atom is 0.573 e. The molecule has 1 fully saturated rings. The lowest BCUT2D eigenvalue weighted by Crippen LogP contribution is -2.41. The molecule has 1 atom stereocenters. The Labute approximate surface area is 166 Å². The van der Waals surface area contributed by atoms with E-state index in [9.17, 15) is 13.2 Å². The van der Waals surface area contributed by atoms with Gasteiger partial charge in [-0.3, -0.25) is 4.90 Å². The molecule has 1 aromatic heterocycles. The van der Waals surface area contributed by atoms with Gasteiger partial charge in [-0.1, -0.05) is 6.42 Å². The summed E-state index contributed by atoms with van der Waals surface area (Å²) in [5, 5.41) is 6.53. The number of anilines is 1. The number of nitrogens with one attached hydrogen (secondary N) is 2. The summed E-state index contributed by atoms with van der Waals surface area (Å²) in [4.78, 5) is 2.38. The lowest BCUT2D eigenvalue weighted by Gasteiger charge is -2.33. The average molecular weight is 413 g/mol. The Morgan fingerprint density at radius 2 is 1.86 bits per heavy atom. The summed E-state index contributed by atoms with van der Waals surface area (Å²) < 4.78 is 46.1. The molecular weight excluding hydrogens is 391 g/mol. The summed E-state index contributed by atoms with van der Waals surface area (Å²) in [5.74, 6) is 0.603. The smallest absolute Gasteiger partial charge is 0.468 e. The average Bonchev–Trinajstić information content (AvgIpc) is 3.18. The molecule has 5 nitrogen and oxygen atoms in total. The molecule has 0 bridgehead atoms. The number of likely N-dealkylation sites (tertiary alicyclic amines) is 1. The fraction of sp³-hybridized carbons (Fsp3) is 0.421. The van der Waals surface area contributed by atoms with Crippen molar-refractivity contribution in [2.75, 3.05) is 25.0 Å². The van der Waals surface area contributed by atoms with Gasteiger partial charge in [-0.15, -0.1) is 13.2 Å². The fourth-order valence-corrected chi connectivity index (χ4v) is 3.43. The normalized spacial score (nSPS) is 16.4. The Kier molecular flexibility index (Phi) is 6.79. The molecule has 1 aliphatic heterocycles. The number of hydrogen-bond acceptors (Lipinski definition) is 4. The summed E-state index contributed by atoms with van der Waals surface area (Å²) in [6.45, 7) is 2.58. The number of thiocarbonyl (C=S) groups is 1. The van der Waals surface area contributed by atoms with Gasteiger partial charge in [0.2, 0.25) is 0 Å². The van der Waals surface area contributed by atoms with E-state index in [0.717, 1.165) is 31.7 Å². The van der Waals surface area contributed by atoms with Crippen LogP contribution >= 0.6 is 12.2 Å². The summed E-state index contributed by atoms with van der Waals surface area (Å²) in [6, 6.07) is 9.31. The first-order valence-corrected chi connectivity index (χ1v) is 9.50. The molecule has 0 aliphatic carbocycles. The Morgan fingerprint density at radius 3 is 2.46 bits per heavy atom. The van der Waals surface area contributed by atoms with Gasteiger partial charge in [-0.25, -0.2) is 0 Å². The summed E-state index contributed by atoms with van der Waals surface area (Å²) >= 11 is 5.32. The maximum atomic E-state index is 12.2. The molecule has 0 unspecified atom stereocenters. The van der Waals surface area contributed by atoms with E-state index in [1.54, 1.807) is 6.26 Å². The molecule has 0 radical (unpaired) electrons. The summed E-state index contributed by atoms with van der Waals surface area (Å²) in [7, 11) is 0. The number of alkyl halides is 3. The van der Waals surface area contributed by atoms with Gasteiger partial charge in [0.25, 0.3) is 0 Å². The number of piperidine rings is 1. The Hall–Kier alpha value is -2.26. The van der Waals surface area contributed by atoms with Gasteiger partial charge in [0.1, 0.15) is 11.5 Å². The molecule has 1 saturated heterocycles. The van der Waals surface area contributed by atoms with Crippen molar-refractivity contribution in [3.8, 4) is 5.75 Å². The SMILES string of the molecule is FC(F)(F)Oc1ccc(NC(=S)NC[C@H](c2ccco2)N2CCCCC2)cc1. The number of hydrogen-bond donors (Lipinski definition) is 2. The third-order valence-electron chi connectivity index (χ3n) is 4.50. The van der Waals surface area contributed by atoms with Crippen LogP contribution in [0.2, 0.25) is 0 Å². The van der Waals surface area contributed by atoms with Crippen LogP contribution in [-0.2, 0) is 0 Å². The minimum absolute atomic E-state index is 0.0672. The monoisotopic (exact) mass is 413 g/mol. The minimum atomic E-state index is -4.71. The Morgan fingerprint density at radius 1 is 1.14 bits per heavy atom. The first-order valence-electron chi connectivity index (χ1n) is 9.09. The quantitative estimate of drug-likeness (QED) is 0.670. The van der Waals surface area contributed by atoms with Crippen molar-refractivity contribution in [1.82, 2.24) is 10.2 Å². The minimum Gasteiger partial charge on any atom is -0.468 e. The molecule has 0 saturated carbocycles. The predicted octanol–water partition coefficient (Wildman–Crippen LogP) is 4.69. The molecular formula is C19H22F3N3O2S. The van der Waals surface area contributed by atoms with Gasteiger partial charge in [-0.2, -0.15) is 0 Å². The molecule has 2 aromatic rings. The summed E-state index contributed by atoms with van der Waals surface area (Å²) in [5.41, 5.74) is 0.569. The predicted molar refractivity (Wildman–Crippen MR) is 104 cm³/mol. The van der Waals surface area contributed by atoms with E-state index in [1.807, 2.05) is 12.1 Å². The van der Waals surface area contributed by atoms with Crippen LogP contribution in [0, 0.1) is 0 Å². The zero-order valence-corrected chi connectivity index (χ0v) is 16.0. The highest BCUT2D eigenvalue weighted by molar-refractivity contribution is 7.80. The Bertz CT molecular complexity index is 745. The second kappa shape index (κ2) is 9.29. The number of halogens is 3. The van der Waals surface area contributed by atoms with E-state index in [0.29, 0.717) is 17.3 Å². The molecule has 28 heavy (non-hydrogen) atoms. The highest BCUT2D eigenvalue weighted by Crippen LogP contribution is 2.25. The van der Waals surface area contributed by atoms with Crippen molar-refractivity contribution < 1.29 is 22.3 Å². The molecule has 9 heteroatoms. The zero-order chi connectivity index (χ0) is 20.0. The van der Waals surface area contributed by atoms with E-state index in [1.165, 1.54) is 30.7 Å². The molecule has 152 valence electrons. The van der Waals surface area contributed by atoms with Gasteiger partial charge in [0.15, 0.2) is 5.11 Å². The van der Waals surface area contributed by atoms with Crippen LogP contribution < -0.4 is 15.4 Å². The molecule has 0 amide bonds. The van der Waals surface area contributed by atoms with Crippen molar-refractivity contribution in [3.63, 3.8) is 0 Å². The van der Waals surface area contributed by atoms with Gasteiger partial charge >= 0.3 is 6.36 Å². The standard InChI is InChI=1S/C19H22F3N3O2S/c20-19(21,22)27-15-8-6-14(7-9-15)24-18(28)23-13-16(17-5-4-12-26-17)25-10-2-1-3-11-25/h4-9,12,16H,1-3,10-11,13H2,(H2,23,24,28)/t16-/m1/s1. The van der Waals surface area contributed by atoms with E-state index >= 15 is 0 Å². The topological polar surface area (TPSA) is 49.7 Å². The van der Waals surface area contributed by atoms with Gasteiger partial charge in [0.05, 0.1) is 12.3 Å². The van der Waals surface area contributed by atoms with Crippen LogP contribution in [0.5, 0.6) is 5.75 Å². The van der Waals surface area contributed by atoms with Crippen LogP contribution in [0.4, 0.5) is 18.9 Å². The van der Waals surface area contributed by atoms with Crippen molar-refractivity contribution in [3.05, 3.63) is 48.4 Å². The third kappa shape index (κ3) is 6.13. The summed E-state index contributed by atoms with van der Waals surface area (Å²) in [6.07, 6.45) is 0.510. The van der Waals surface area contributed by atoms with E-state index in [-0.39, 0.29) is 11.8 Å². The first-order chi connectivity index (χ1) is 13.4. The third-order valence-corrected chi connectivity index (χ3v) is 4.75. The van der Waals surface area contributed by atoms with Gasteiger partial charge in [0, 0.05) is 12.2 Å². The number of ether oxygens (including phenoxy) is 1. The number of benzene rings is 1. The van der Waals surface area contributed by atoms with Crippen molar-refractivity contribution in [2.45, 2.75) is 31.7 Å². The van der Waals surface area contributed by atoms with Crippen LogP contribution in [-0.4, -0.2) is 36.0 Å². The highest BCUT2D eigenvalue weighted by Gasteiger charge is 2.31. The Balaban J connectivity index is 1.54. The lowest BCUT2D eigenvalue weighted by atomic mass is 10.1. The van der Waals surface area contributed by atoms with E-state index in [2.05, 4.69) is 20.3 Å². The number of furan rings is 1. The molecule has 3 rings (SSSR count).